The van der Waals surface area contributed by atoms with Gasteiger partial charge in [-0.3, -0.25) is 0 Å². The number of anilines is 2. The van der Waals surface area contributed by atoms with Crippen molar-refractivity contribution in [3.8, 4) is 0 Å². The molecule has 0 aliphatic carbocycles. The maximum absolute atomic E-state index is 3.57. The second-order valence-electron chi connectivity index (χ2n) is 5.13. The summed E-state index contributed by atoms with van der Waals surface area (Å²) in [7, 11) is 2.12. The lowest BCUT2D eigenvalue weighted by atomic mass is 10.1. The highest BCUT2D eigenvalue weighted by Gasteiger charge is 2.09. The molecule has 2 nitrogen and oxygen atoms in total. The molecule has 0 aliphatic rings. The highest BCUT2D eigenvalue weighted by atomic mass is 79.9. The van der Waals surface area contributed by atoms with E-state index in [0.29, 0.717) is 0 Å². The van der Waals surface area contributed by atoms with Crippen LogP contribution in [-0.4, -0.2) is 13.6 Å². The molecule has 0 saturated heterocycles. The lowest BCUT2D eigenvalue weighted by Gasteiger charge is -2.23. The Morgan fingerprint density at radius 1 is 1.05 bits per heavy atom. The van der Waals surface area contributed by atoms with Crippen molar-refractivity contribution in [2.45, 2.75) is 26.8 Å². The van der Waals surface area contributed by atoms with Crippen LogP contribution in [0.25, 0.3) is 0 Å². The largest absolute Gasteiger partial charge is 0.344 e. The molecule has 3 heteroatoms. The zero-order chi connectivity index (χ0) is 15.2. The molecular weight excluding hydrogens is 324 g/mol. The predicted octanol–water partition coefficient (Wildman–Crippen LogP) is 4.89. The zero-order valence-corrected chi connectivity index (χ0v) is 14.6. The summed E-state index contributed by atoms with van der Waals surface area (Å²) in [4.78, 5) is 2.25. The predicted molar refractivity (Wildman–Crippen MR) is 95.4 cm³/mol. The molecule has 2 rings (SSSR count). The number of halogens is 1. The standard InChI is InChI=1S/C18H23BrN2/c1-4-14-6-9-17(10-7-14)21(3)18-11-8-16(19)12-15(18)13-20-5-2/h6-12,20H,4-5,13H2,1-3H3. The van der Waals surface area contributed by atoms with Crippen molar-refractivity contribution >= 4 is 27.3 Å². The summed E-state index contributed by atoms with van der Waals surface area (Å²) in [5.41, 5.74) is 5.12. The molecule has 0 spiro atoms. The fourth-order valence-electron chi connectivity index (χ4n) is 2.38. The van der Waals surface area contributed by atoms with E-state index < -0.39 is 0 Å². The van der Waals surface area contributed by atoms with Gasteiger partial charge in [0.2, 0.25) is 0 Å². The van der Waals surface area contributed by atoms with Crippen LogP contribution < -0.4 is 10.2 Å². The van der Waals surface area contributed by atoms with Crippen molar-refractivity contribution in [2.75, 3.05) is 18.5 Å². The van der Waals surface area contributed by atoms with Crippen LogP contribution in [0.5, 0.6) is 0 Å². The topological polar surface area (TPSA) is 15.3 Å². The summed E-state index contributed by atoms with van der Waals surface area (Å²) in [6, 6.07) is 15.3. The van der Waals surface area contributed by atoms with Crippen molar-refractivity contribution in [2.24, 2.45) is 0 Å². The summed E-state index contributed by atoms with van der Waals surface area (Å²) in [5.74, 6) is 0. The monoisotopic (exact) mass is 346 g/mol. The summed E-state index contributed by atoms with van der Waals surface area (Å²) in [5, 5.41) is 3.41. The van der Waals surface area contributed by atoms with Crippen LogP contribution in [0.1, 0.15) is 25.0 Å². The average molecular weight is 347 g/mol. The van der Waals surface area contributed by atoms with Crippen LogP contribution in [0.3, 0.4) is 0 Å². The van der Waals surface area contributed by atoms with Gasteiger partial charge in [-0.25, -0.2) is 0 Å². The van der Waals surface area contributed by atoms with Gasteiger partial charge in [0.1, 0.15) is 0 Å². The number of nitrogens with zero attached hydrogens (tertiary/aromatic N) is 1. The van der Waals surface area contributed by atoms with Gasteiger partial charge in [0.05, 0.1) is 0 Å². The molecule has 0 heterocycles. The minimum absolute atomic E-state index is 0.878. The Bertz CT molecular complexity index is 578. The van der Waals surface area contributed by atoms with E-state index in [2.05, 4.69) is 89.5 Å². The van der Waals surface area contributed by atoms with Crippen LogP contribution >= 0.6 is 15.9 Å². The molecule has 0 amide bonds. The number of nitrogens with one attached hydrogen (secondary N) is 1. The Kier molecular flexibility index (Phi) is 5.83. The Morgan fingerprint density at radius 2 is 1.76 bits per heavy atom. The summed E-state index contributed by atoms with van der Waals surface area (Å²) >= 11 is 3.57. The van der Waals surface area contributed by atoms with E-state index in [1.807, 2.05) is 0 Å². The number of rotatable bonds is 6. The molecule has 0 aliphatic heterocycles. The molecule has 0 aromatic heterocycles. The van der Waals surface area contributed by atoms with Gasteiger partial charge in [-0.15, -0.1) is 0 Å². The summed E-state index contributed by atoms with van der Waals surface area (Å²) in [6.45, 7) is 6.16. The normalized spacial score (nSPS) is 10.7. The molecule has 2 aromatic carbocycles. The molecule has 112 valence electrons. The van der Waals surface area contributed by atoms with Gasteiger partial charge < -0.3 is 10.2 Å². The molecule has 0 saturated carbocycles. The van der Waals surface area contributed by atoms with Gasteiger partial charge in [0, 0.05) is 29.4 Å². The van der Waals surface area contributed by atoms with E-state index in [0.717, 1.165) is 24.0 Å². The van der Waals surface area contributed by atoms with E-state index in [-0.39, 0.29) is 0 Å². The minimum Gasteiger partial charge on any atom is -0.344 e. The smallest absolute Gasteiger partial charge is 0.0454 e. The zero-order valence-electron chi connectivity index (χ0n) is 13.0. The second-order valence-corrected chi connectivity index (χ2v) is 6.05. The van der Waals surface area contributed by atoms with Gasteiger partial charge in [-0.1, -0.05) is 41.9 Å². The molecule has 21 heavy (non-hydrogen) atoms. The van der Waals surface area contributed by atoms with E-state index in [1.165, 1.54) is 22.5 Å². The van der Waals surface area contributed by atoms with Crippen molar-refractivity contribution in [3.05, 3.63) is 58.1 Å². The first kappa shape index (κ1) is 16.1. The molecule has 0 unspecified atom stereocenters. The summed E-state index contributed by atoms with van der Waals surface area (Å²) in [6.07, 6.45) is 1.08. The van der Waals surface area contributed by atoms with Crippen LogP contribution in [0, 0.1) is 0 Å². The number of benzene rings is 2. The molecule has 0 atom stereocenters. The van der Waals surface area contributed by atoms with Gasteiger partial charge in [0.25, 0.3) is 0 Å². The third-order valence-corrected chi connectivity index (χ3v) is 4.19. The lowest BCUT2D eigenvalue weighted by molar-refractivity contribution is 0.726. The Morgan fingerprint density at radius 3 is 2.38 bits per heavy atom. The number of aryl methyl sites for hydroxylation is 1. The first-order valence-corrected chi connectivity index (χ1v) is 8.26. The molecule has 0 fully saturated rings. The first-order chi connectivity index (χ1) is 10.2. The lowest BCUT2D eigenvalue weighted by Crippen LogP contribution is -2.17. The fourth-order valence-corrected chi connectivity index (χ4v) is 2.79. The Balaban J connectivity index is 2.30. The number of hydrogen-bond acceptors (Lipinski definition) is 2. The molecular formula is C18H23BrN2. The second kappa shape index (κ2) is 7.62. The van der Waals surface area contributed by atoms with E-state index in [9.17, 15) is 0 Å². The highest BCUT2D eigenvalue weighted by molar-refractivity contribution is 9.10. The Labute approximate surface area is 136 Å². The molecule has 1 N–H and O–H groups in total. The van der Waals surface area contributed by atoms with Crippen molar-refractivity contribution < 1.29 is 0 Å². The van der Waals surface area contributed by atoms with Crippen molar-refractivity contribution in [1.82, 2.24) is 5.32 Å². The Hall–Kier alpha value is -1.32. The van der Waals surface area contributed by atoms with E-state index in [4.69, 9.17) is 0 Å². The third kappa shape index (κ3) is 4.08. The SMILES string of the molecule is CCNCc1cc(Br)ccc1N(C)c1ccc(CC)cc1. The maximum atomic E-state index is 3.57. The average Bonchev–Trinajstić information content (AvgIpc) is 2.52. The number of hydrogen-bond donors (Lipinski definition) is 1. The van der Waals surface area contributed by atoms with Gasteiger partial charge in [-0.05, 0) is 54.4 Å². The van der Waals surface area contributed by atoms with Crippen molar-refractivity contribution in [1.29, 1.82) is 0 Å². The van der Waals surface area contributed by atoms with Crippen LogP contribution in [-0.2, 0) is 13.0 Å². The maximum Gasteiger partial charge on any atom is 0.0454 e. The van der Waals surface area contributed by atoms with E-state index in [1.54, 1.807) is 0 Å². The van der Waals surface area contributed by atoms with Crippen LogP contribution in [0.2, 0.25) is 0 Å². The van der Waals surface area contributed by atoms with Gasteiger partial charge in [0.15, 0.2) is 0 Å². The van der Waals surface area contributed by atoms with Gasteiger partial charge in [-0.2, -0.15) is 0 Å². The third-order valence-electron chi connectivity index (χ3n) is 3.70. The van der Waals surface area contributed by atoms with E-state index >= 15 is 0 Å². The molecule has 0 bridgehead atoms. The van der Waals surface area contributed by atoms with Gasteiger partial charge >= 0.3 is 0 Å². The van der Waals surface area contributed by atoms with Crippen LogP contribution in [0.15, 0.2) is 46.9 Å². The first-order valence-electron chi connectivity index (χ1n) is 7.47. The summed E-state index contributed by atoms with van der Waals surface area (Å²) < 4.78 is 1.12. The molecule has 0 radical (unpaired) electrons. The van der Waals surface area contributed by atoms with Crippen LogP contribution in [0.4, 0.5) is 11.4 Å². The quantitative estimate of drug-likeness (QED) is 0.800. The highest BCUT2D eigenvalue weighted by Crippen LogP contribution is 2.29. The minimum atomic E-state index is 0.878. The molecule has 2 aromatic rings. The fraction of sp³-hybridized carbons (Fsp3) is 0.333. The van der Waals surface area contributed by atoms with Crippen molar-refractivity contribution in [3.63, 3.8) is 0 Å².